The summed E-state index contributed by atoms with van der Waals surface area (Å²) in [6.45, 7) is 5.17. The quantitative estimate of drug-likeness (QED) is 0.515. The van der Waals surface area contributed by atoms with Gasteiger partial charge in [-0.15, -0.1) is 5.10 Å². The van der Waals surface area contributed by atoms with Crippen LogP contribution < -0.4 is 15.8 Å². The zero-order valence-corrected chi connectivity index (χ0v) is 20.4. The summed E-state index contributed by atoms with van der Waals surface area (Å²) in [5.41, 5.74) is 2.30. The number of hydrogen-bond acceptors (Lipinski definition) is 6. The highest BCUT2D eigenvalue weighted by Gasteiger charge is 2.27. The molecule has 0 aliphatic carbocycles. The largest absolute Gasteiger partial charge is 0.462 e. The number of nitrogens with zero attached hydrogens (tertiary/aromatic N) is 3. The molecule has 1 aliphatic heterocycles. The number of halogens is 1. The summed E-state index contributed by atoms with van der Waals surface area (Å²) in [5, 5.41) is 8.05. The second-order valence-corrected chi connectivity index (χ2v) is 8.85. The summed E-state index contributed by atoms with van der Waals surface area (Å²) < 4.78 is 6.32. The van der Waals surface area contributed by atoms with Crippen LogP contribution in [-0.4, -0.2) is 41.4 Å². The molecule has 9 heteroatoms. The smallest absolute Gasteiger partial charge is 0.338 e. The molecule has 4 rings (SSSR count). The van der Waals surface area contributed by atoms with E-state index in [0.29, 0.717) is 40.9 Å². The summed E-state index contributed by atoms with van der Waals surface area (Å²) in [6.07, 6.45) is 1.56. The van der Waals surface area contributed by atoms with Crippen LogP contribution in [0.4, 0.5) is 11.5 Å². The Morgan fingerprint density at radius 3 is 2.63 bits per heavy atom. The molecular formula is C26H27ClN4O4. The van der Waals surface area contributed by atoms with Gasteiger partial charge in [0.1, 0.15) is 5.82 Å². The van der Waals surface area contributed by atoms with Crippen molar-refractivity contribution < 1.29 is 14.3 Å². The van der Waals surface area contributed by atoms with Crippen molar-refractivity contribution in [1.29, 1.82) is 0 Å². The van der Waals surface area contributed by atoms with Crippen LogP contribution >= 0.6 is 11.6 Å². The Labute approximate surface area is 208 Å². The van der Waals surface area contributed by atoms with Gasteiger partial charge in [-0.2, -0.15) is 4.68 Å². The van der Waals surface area contributed by atoms with Crippen molar-refractivity contribution in [3.05, 3.63) is 81.1 Å². The number of carbonyl (C=O) groups excluding carboxylic acids is 2. The fourth-order valence-corrected chi connectivity index (χ4v) is 4.19. The first-order valence-electron chi connectivity index (χ1n) is 11.6. The molecule has 1 aromatic heterocycles. The van der Waals surface area contributed by atoms with Gasteiger partial charge < -0.3 is 15.0 Å². The van der Waals surface area contributed by atoms with E-state index in [1.807, 2.05) is 17.9 Å². The zero-order valence-electron chi connectivity index (χ0n) is 19.7. The number of rotatable bonds is 6. The number of hydrogen-bond donors (Lipinski definition) is 1. The van der Waals surface area contributed by atoms with Crippen LogP contribution in [0.2, 0.25) is 5.02 Å². The molecule has 2 aromatic carbocycles. The third-order valence-electron chi connectivity index (χ3n) is 5.97. The van der Waals surface area contributed by atoms with E-state index in [9.17, 15) is 14.4 Å². The lowest BCUT2D eigenvalue weighted by molar-refractivity contribution is -0.120. The summed E-state index contributed by atoms with van der Waals surface area (Å²) in [5.74, 6) is -0.116. The number of amides is 1. The molecule has 1 aliphatic rings. The maximum Gasteiger partial charge on any atom is 0.338 e. The van der Waals surface area contributed by atoms with Crippen molar-refractivity contribution in [3.8, 4) is 5.69 Å². The number of aryl methyl sites for hydroxylation is 1. The van der Waals surface area contributed by atoms with Gasteiger partial charge in [-0.1, -0.05) is 17.7 Å². The van der Waals surface area contributed by atoms with Crippen molar-refractivity contribution in [2.24, 2.45) is 5.92 Å². The molecule has 1 unspecified atom stereocenters. The van der Waals surface area contributed by atoms with E-state index in [1.54, 1.807) is 49.4 Å². The van der Waals surface area contributed by atoms with Gasteiger partial charge in [-0.25, -0.2) is 4.79 Å². The monoisotopic (exact) mass is 494 g/mol. The molecule has 0 saturated carbocycles. The maximum atomic E-state index is 13.0. The van der Waals surface area contributed by atoms with Gasteiger partial charge in [0.15, 0.2) is 0 Å². The zero-order chi connectivity index (χ0) is 24.9. The van der Waals surface area contributed by atoms with E-state index in [1.165, 1.54) is 10.7 Å². The van der Waals surface area contributed by atoms with E-state index in [2.05, 4.69) is 10.4 Å². The first-order chi connectivity index (χ1) is 16.9. The molecular weight excluding hydrogens is 468 g/mol. The lowest BCUT2D eigenvalue weighted by Crippen LogP contribution is -2.41. The second kappa shape index (κ2) is 10.7. The molecule has 0 spiro atoms. The normalized spacial score (nSPS) is 15.5. The van der Waals surface area contributed by atoms with Gasteiger partial charge in [-0.3, -0.25) is 9.59 Å². The Kier molecular flexibility index (Phi) is 7.51. The molecule has 3 aromatic rings. The van der Waals surface area contributed by atoms with Crippen LogP contribution in [0.15, 0.2) is 59.4 Å². The van der Waals surface area contributed by atoms with E-state index in [-0.39, 0.29) is 17.4 Å². The number of nitrogens with one attached hydrogen (secondary N) is 1. The van der Waals surface area contributed by atoms with Crippen LogP contribution in [0.1, 0.15) is 35.7 Å². The molecule has 1 saturated heterocycles. The number of aromatic nitrogens is 2. The third kappa shape index (κ3) is 5.71. The Hall–Kier alpha value is -3.65. The predicted molar refractivity (Wildman–Crippen MR) is 136 cm³/mol. The molecule has 182 valence electrons. The molecule has 1 fully saturated rings. The van der Waals surface area contributed by atoms with E-state index >= 15 is 0 Å². The van der Waals surface area contributed by atoms with E-state index in [4.69, 9.17) is 16.3 Å². The Balaban J connectivity index is 1.46. The second-order valence-electron chi connectivity index (χ2n) is 8.45. The molecule has 1 N–H and O–H groups in total. The van der Waals surface area contributed by atoms with Crippen molar-refractivity contribution in [2.45, 2.75) is 26.7 Å². The van der Waals surface area contributed by atoms with Crippen molar-refractivity contribution in [2.75, 3.05) is 29.9 Å². The van der Waals surface area contributed by atoms with Gasteiger partial charge in [0.05, 0.1) is 23.8 Å². The van der Waals surface area contributed by atoms with Gasteiger partial charge in [0.25, 0.3) is 5.56 Å². The van der Waals surface area contributed by atoms with Crippen LogP contribution in [0.5, 0.6) is 0 Å². The maximum absolute atomic E-state index is 13.0. The average molecular weight is 495 g/mol. The van der Waals surface area contributed by atoms with Crippen LogP contribution in [-0.2, 0) is 9.53 Å². The fraction of sp³-hybridized carbons (Fsp3) is 0.308. The predicted octanol–water partition coefficient (Wildman–Crippen LogP) is 4.23. The fourth-order valence-electron chi connectivity index (χ4n) is 4.02. The molecule has 2 heterocycles. The van der Waals surface area contributed by atoms with Gasteiger partial charge in [0.2, 0.25) is 5.91 Å². The minimum atomic E-state index is -0.393. The summed E-state index contributed by atoms with van der Waals surface area (Å²) in [4.78, 5) is 39.3. The Morgan fingerprint density at radius 1 is 1.14 bits per heavy atom. The van der Waals surface area contributed by atoms with Crippen LogP contribution in [0.25, 0.3) is 5.69 Å². The first kappa shape index (κ1) is 24.5. The highest BCUT2D eigenvalue weighted by molar-refractivity contribution is 6.31. The van der Waals surface area contributed by atoms with Gasteiger partial charge in [-0.05, 0) is 74.7 Å². The molecule has 1 atom stereocenters. The average Bonchev–Trinajstić information content (AvgIpc) is 2.87. The number of piperidine rings is 1. The van der Waals surface area contributed by atoms with Gasteiger partial charge in [0, 0.05) is 29.9 Å². The molecule has 0 radical (unpaired) electrons. The molecule has 8 nitrogen and oxygen atoms in total. The highest BCUT2D eigenvalue weighted by Crippen LogP contribution is 2.24. The number of benzene rings is 2. The number of carbonyl (C=O) groups is 2. The van der Waals surface area contributed by atoms with Crippen LogP contribution in [0, 0.1) is 12.8 Å². The topological polar surface area (TPSA) is 93.5 Å². The summed E-state index contributed by atoms with van der Waals surface area (Å²) in [6, 6.07) is 15.2. The summed E-state index contributed by atoms with van der Waals surface area (Å²) in [7, 11) is 0. The summed E-state index contributed by atoms with van der Waals surface area (Å²) >= 11 is 6.24. The Morgan fingerprint density at radius 2 is 1.91 bits per heavy atom. The lowest BCUT2D eigenvalue weighted by atomic mass is 9.97. The third-order valence-corrected chi connectivity index (χ3v) is 6.37. The molecule has 0 bridgehead atoms. The SMILES string of the molecule is CCOC(=O)c1ccc(NC(=O)C2CCCN(c3ccc(=O)n(-c4ccc(C)c(Cl)c4)n3)C2)cc1. The number of esters is 1. The van der Waals surface area contributed by atoms with Crippen molar-refractivity contribution in [1.82, 2.24) is 9.78 Å². The van der Waals surface area contributed by atoms with E-state index in [0.717, 1.165) is 24.9 Å². The van der Waals surface area contributed by atoms with E-state index < -0.39 is 5.97 Å². The first-order valence-corrected chi connectivity index (χ1v) is 11.9. The minimum absolute atomic E-state index is 0.0998. The molecule has 1 amide bonds. The van der Waals surface area contributed by atoms with Crippen LogP contribution in [0.3, 0.4) is 0 Å². The van der Waals surface area contributed by atoms with Crippen molar-refractivity contribution in [3.63, 3.8) is 0 Å². The van der Waals surface area contributed by atoms with Gasteiger partial charge >= 0.3 is 5.97 Å². The Bertz CT molecular complexity index is 1290. The van der Waals surface area contributed by atoms with Crippen molar-refractivity contribution >= 4 is 35.0 Å². The number of anilines is 2. The standard InChI is InChI=1S/C26H27ClN4O4/c1-3-35-26(34)18-7-9-20(10-8-18)28-25(33)19-5-4-14-30(16-19)23-12-13-24(32)31(29-23)21-11-6-17(2)22(27)15-21/h6-13,15,19H,3-5,14,16H2,1-2H3,(H,28,33). The minimum Gasteiger partial charge on any atom is -0.462 e. The number of ether oxygens (including phenoxy) is 1. The highest BCUT2D eigenvalue weighted by atomic mass is 35.5. The lowest BCUT2D eigenvalue weighted by Gasteiger charge is -2.33. The molecule has 35 heavy (non-hydrogen) atoms.